The quantitative estimate of drug-likeness (QED) is 0.878. The van der Waals surface area contributed by atoms with Gasteiger partial charge in [0.2, 0.25) is 0 Å². The molecule has 0 saturated carbocycles. The van der Waals surface area contributed by atoms with Gasteiger partial charge in [-0.1, -0.05) is 31.5 Å². The third-order valence-electron chi connectivity index (χ3n) is 3.05. The molecule has 0 bridgehead atoms. The van der Waals surface area contributed by atoms with Gasteiger partial charge >= 0.3 is 0 Å². The highest BCUT2D eigenvalue weighted by atomic mass is 35.5. The summed E-state index contributed by atoms with van der Waals surface area (Å²) in [6.45, 7) is 6.90. The number of carbonyl (C=O) groups is 1. The number of carbonyl (C=O) groups excluding carboxylic acids is 1. The molecular weight excluding hydrogens is 276 g/mol. The molecule has 0 aromatic heterocycles. The Bertz CT molecular complexity index is 463. The van der Waals surface area contributed by atoms with Crippen LogP contribution in [0.25, 0.3) is 0 Å². The van der Waals surface area contributed by atoms with Gasteiger partial charge in [0.05, 0.1) is 0 Å². The second-order valence-corrected chi connectivity index (χ2v) is 6.22. The summed E-state index contributed by atoms with van der Waals surface area (Å²) in [5.74, 6) is 0.510. The van der Waals surface area contributed by atoms with E-state index < -0.39 is 6.10 Å². The van der Waals surface area contributed by atoms with Crippen molar-refractivity contribution in [1.82, 2.24) is 4.90 Å². The molecule has 1 aromatic carbocycles. The van der Waals surface area contributed by atoms with Crippen LogP contribution in [-0.2, 0) is 4.79 Å². The number of nitrogens with two attached hydrogens (primary N) is 1. The maximum Gasteiger partial charge on any atom is 0.263 e. The van der Waals surface area contributed by atoms with Crippen molar-refractivity contribution in [2.45, 2.75) is 26.9 Å². The molecule has 1 unspecified atom stereocenters. The summed E-state index contributed by atoms with van der Waals surface area (Å²) in [5, 5.41) is 0.583. The first-order valence-electron chi connectivity index (χ1n) is 6.62. The highest BCUT2D eigenvalue weighted by molar-refractivity contribution is 6.30. The van der Waals surface area contributed by atoms with Gasteiger partial charge in [-0.3, -0.25) is 4.79 Å². The molecule has 0 fully saturated rings. The van der Waals surface area contributed by atoms with E-state index >= 15 is 0 Å². The summed E-state index contributed by atoms with van der Waals surface area (Å²) in [4.78, 5) is 13.9. The zero-order chi connectivity index (χ0) is 15.3. The lowest BCUT2D eigenvalue weighted by Gasteiger charge is -2.30. The summed E-state index contributed by atoms with van der Waals surface area (Å²) in [5.41, 5.74) is 5.58. The van der Waals surface area contributed by atoms with Gasteiger partial charge < -0.3 is 15.4 Å². The summed E-state index contributed by atoms with van der Waals surface area (Å²) >= 11 is 5.89. The van der Waals surface area contributed by atoms with E-state index in [9.17, 15) is 4.79 Å². The number of benzene rings is 1. The van der Waals surface area contributed by atoms with E-state index in [2.05, 4.69) is 0 Å². The summed E-state index contributed by atoms with van der Waals surface area (Å²) in [6, 6.07) is 7.02. The molecule has 2 N–H and O–H groups in total. The maximum absolute atomic E-state index is 12.3. The molecule has 1 atom stereocenters. The number of rotatable bonds is 6. The van der Waals surface area contributed by atoms with Crippen LogP contribution in [0.1, 0.15) is 20.8 Å². The fraction of sp³-hybridized carbons (Fsp3) is 0.533. The molecule has 0 aliphatic carbocycles. The zero-order valence-corrected chi connectivity index (χ0v) is 13.3. The van der Waals surface area contributed by atoms with Crippen LogP contribution in [0.15, 0.2) is 24.3 Å². The molecule has 4 nitrogen and oxygen atoms in total. The van der Waals surface area contributed by atoms with Crippen LogP contribution in [-0.4, -0.2) is 37.0 Å². The van der Waals surface area contributed by atoms with Gasteiger partial charge in [0, 0.05) is 18.6 Å². The highest BCUT2D eigenvalue weighted by Crippen LogP contribution is 2.19. The number of nitrogens with zero attached hydrogens (tertiary/aromatic N) is 1. The van der Waals surface area contributed by atoms with Crippen molar-refractivity contribution >= 4 is 17.5 Å². The van der Waals surface area contributed by atoms with E-state index in [0.29, 0.717) is 23.9 Å². The number of amides is 1. The molecule has 0 spiro atoms. The number of ether oxygens (including phenoxy) is 1. The first-order valence-corrected chi connectivity index (χ1v) is 7.00. The van der Waals surface area contributed by atoms with Crippen molar-refractivity contribution in [2.75, 3.05) is 20.1 Å². The molecule has 0 aliphatic rings. The predicted molar refractivity (Wildman–Crippen MR) is 82.0 cm³/mol. The number of hydrogen-bond acceptors (Lipinski definition) is 3. The molecule has 1 aromatic rings. The monoisotopic (exact) mass is 298 g/mol. The lowest BCUT2D eigenvalue weighted by atomic mass is 9.93. The molecule has 1 amide bonds. The molecule has 112 valence electrons. The lowest BCUT2D eigenvalue weighted by Crippen LogP contribution is -2.44. The van der Waals surface area contributed by atoms with E-state index in [1.807, 2.05) is 13.8 Å². The van der Waals surface area contributed by atoms with E-state index in [4.69, 9.17) is 22.1 Å². The smallest absolute Gasteiger partial charge is 0.263 e. The first kappa shape index (κ1) is 16.8. The molecule has 0 saturated heterocycles. The zero-order valence-electron chi connectivity index (χ0n) is 12.5. The summed E-state index contributed by atoms with van der Waals surface area (Å²) < 4.78 is 5.62. The second kappa shape index (κ2) is 6.95. The van der Waals surface area contributed by atoms with Gasteiger partial charge in [-0.2, -0.15) is 0 Å². The Hall–Kier alpha value is -1.26. The Labute approximate surface area is 125 Å². The lowest BCUT2D eigenvalue weighted by molar-refractivity contribution is -0.137. The van der Waals surface area contributed by atoms with Crippen LogP contribution in [0.4, 0.5) is 0 Å². The largest absolute Gasteiger partial charge is 0.481 e. The average molecular weight is 299 g/mol. The highest BCUT2D eigenvalue weighted by Gasteiger charge is 2.25. The molecule has 1 rings (SSSR count). The van der Waals surface area contributed by atoms with Crippen LogP contribution >= 0.6 is 11.6 Å². The molecule has 0 radical (unpaired) electrons. The van der Waals surface area contributed by atoms with E-state index in [0.717, 1.165) is 0 Å². The fourth-order valence-corrected chi connectivity index (χ4v) is 2.07. The summed E-state index contributed by atoms with van der Waals surface area (Å²) in [6.07, 6.45) is -0.563. The summed E-state index contributed by atoms with van der Waals surface area (Å²) in [7, 11) is 1.76. The standard InChI is InChI=1S/C15H23ClN2O2/c1-11(20-13-7-5-6-12(16)8-13)14(19)18(4)10-15(2,3)9-17/h5-8,11H,9-10,17H2,1-4H3. The third kappa shape index (κ3) is 5.02. The minimum Gasteiger partial charge on any atom is -0.481 e. The van der Waals surface area contributed by atoms with Crippen molar-refractivity contribution in [2.24, 2.45) is 11.1 Å². The van der Waals surface area contributed by atoms with Crippen LogP contribution in [0.3, 0.4) is 0 Å². The van der Waals surface area contributed by atoms with Gasteiger partial charge in [0.15, 0.2) is 6.10 Å². The van der Waals surface area contributed by atoms with Gasteiger partial charge in [-0.25, -0.2) is 0 Å². The first-order chi connectivity index (χ1) is 9.25. The van der Waals surface area contributed by atoms with Crippen LogP contribution in [0.2, 0.25) is 5.02 Å². The van der Waals surface area contributed by atoms with Crippen LogP contribution in [0.5, 0.6) is 5.75 Å². The third-order valence-corrected chi connectivity index (χ3v) is 3.29. The van der Waals surface area contributed by atoms with E-state index in [1.54, 1.807) is 43.1 Å². The van der Waals surface area contributed by atoms with Crippen LogP contribution < -0.4 is 10.5 Å². The minimum absolute atomic E-state index is 0.0773. The SMILES string of the molecule is CC(Oc1cccc(Cl)c1)C(=O)N(C)CC(C)(C)CN. The topological polar surface area (TPSA) is 55.6 Å². The predicted octanol–water partition coefficient (Wildman–Crippen LogP) is 2.55. The second-order valence-electron chi connectivity index (χ2n) is 5.78. The van der Waals surface area contributed by atoms with Gasteiger partial charge in [-0.05, 0) is 37.1 Å². The maximum atomic E-state index is 12.3. The van der Waals surface area contributed by atoms with Crippen LogP contribution in [0, 0.1) is 5.41 Å². The van der Waals surface area contributed by atoms with Gasteiger partial charge in [-0.15, -0.1) is 0 Å². The number of likely N-dealkylation sites (N-methyl/N-ethyl adjacent to an activating group) is 1. The molecule has 20 heavy (non-hydrogen) atoms. The Kier molecular flexibility index (Phi) is 5.84. The molecule has 0 aliphatic heterocycles. The van der Waals surface area contributed by atoms with E-state index in [-0.39, 0.29) is 11.3 Å². The Balaban J connectivity index is 2.63. The Morgan fingerprint density at radius 2 is 2.15 bits per heavy atom. The average Bonchev–Trinajstić information content (AvgIpc) is 2.37. The van der Waals surface area contributed by atoms with Crippen molar-refractivity contribution in [1.29, 1.82) is 0 Å². The fourth-order valence-electron chi connectivity index (χ4n) is 1.89. The minimum atomic E-state index is -0.563. The van der Waals surface area contributed by atoms with Gasteiger partial charge in [0.25, 0.3) is 5.91 Å². The Morgan fingerprint density at radius 1 is 1.50 bits per heavy atom. The molecular formula is C15H23ClN2O2. The Morgan fingerprint density at radius 3 is 2.70 bits per heavy atom. The molecule has 0 heterocycles. The van der Waals surface area contributed by atoms with Crippen molar-refractivity contribution < 1.29 is 9.53 Å². The van der Waals surface area contributed by atoms with E-state index in [1.165, 1.54) is 0 Å². The number of hydrogen-bond donors (Lipinski definition) is 1. The van der Waals surface area contributed by atoms with Gasteiger partial charge in [0.1, 0.15) is 5.75 Å². The van der Waals surface area contributed by atoms with Crippen molar-refractivity contribution in [3.8, 4) is 5.75 Å². The normalized spacial score (nSPS) is 12.9. The number of halogens is 1. The molecule has 5 heteroatoms. The van der Waals surface area contributed by atoms with Crippen molar-refractivity contribution in [3.05, 3.63) is 29.3 Å². The van der Waals surface area contributed by atoms with Crippen molar-refractivity contribution in [3.63, 3.8) is 0 Å².